The summed E-state index contributed by atoms with van der Waals surface area (Å²) >= 11 is 0. The molecule has 19 heavy (non-hydrogen) atoms. The molecular formula is C13H13NO4S. The number of ether oxygens (including phenoxy) is 2. The Hall–Kier alpha value is -1.74. The van der Waals surface area contributed by atoms with Crippen molar-refractivity contribution in [2.45, 2.75) is 18.1 Å². The second kappa shape index (κ2) is 4.14. The van der Waals surface area contributed by atoms with E-state index in [1.807, 2.05) is 6.07 Å². The Kier molecular flexibility index (Phi) is 2.68. The molecule has 1 aliphatic heterocycles. The summed E-state index contributed by atoms with van der Waals surface area (Å²) in [6, 6.07) is 7.45. The van der Waals surface area contributed by atoms with Crippen LogP contribution in [-0.2, 0) is 9.84 Å². The molecule has 3 atom stereocenters. The Morgan fingerprint density at radius 2 is 2.11 bits per heavy atom. The summed E-state index contributed by atoms with van der Waals surface area (Å²) in [6.07, 6.45) is 0. The van der Waals surface area contributed by atoms with Crippen LogP contribution < -0.4 is 9.47 Å². The van der Waals surface area contributed by atoms with E-state index in [2.05, 4.69) is 6.07 Å². The van der Waals surface area contributed by atoms with Crippen LogP contribution in [0.2, 0.25) is 0 Å². The Bertz CT molecular complexity index is 662. The number of nitriles is 1. The molecule has 0 saturated heterocycles. The van der Waals surface area contributed by atoms with Gasteiger partial charge in [0.15, 0.2) is 21.3 Å². The SMILES string of the molecule is CCS(=O)(=O)C1C(C#N)C1c1ccc2c(c1)OCO2. The fraction of sp³-hybridized carbons (Fsp3) is 0.462. The maximum atomic E-state index is 11.9. The normalized spacial score (nSPS) is 27.9. The quantitative estimate of drug-likeness (QED) is 0.837. The highest BCUT2D eigenvalue weighted by Gasteiger charge is 2.58. The Morgan fingerprint density at radius 3 is 2.79 bits per heavy atom. The summed E-state index contributed by atoms with van der Waals surface area (Å²) in [5, 5.41) is 8.51. The first kappa shape index (κ1) is 12.3. The average Bonchev–Trinajstić information content (AvgIpc) is 2.99. The van der Waals surface area contributed by atoms with Crippen molar-refractivity contribution < 1.29 is 17.9 Å². The summed E-state index contributed by atoms with van der Waals surface area (Å²) in [7, 11) is -3.19. The van der Waals surface area contributed by atoms with Crippen molar-refractivity contribution in [3.8, 4) is 17.6 Å². The number of fused-ring (bicyclic) bond motifs is 1. The first-order valence-corrected chi connectivity index (χ1v) is 7.80. The second-order valence-electron chi connectivity index (χ2n) is 4.71. The third kappa shape index (κ3) is 1.85. The molecule has 5 nitrogen and oxygen atoms in total. The van der Waals surface area contributed by atoms with E-state index < -0.39 is 21.0 Å². The van der Waals surface area contributed by atoms with E-state index in [0.29, 0.717) is 11.5 Å². The smallest absolute Gasteiger partial charge is 0.231 e. The minimum absolute atomic E-state index is 0.0664. The molecule has 0 amide bonds. The van der Waals surface area contributed by atoms with Gasteiger partial charge in [-0.2, -0.15) is 5.26 Å². The molecule has 0 radical (unpaired) electrons. The lowest BCUT2D eigenvalue weighted by Gasteiger charge is -2.02. The molecule has 6 heteroatoms. The maximum Gasteiger partial charge on any atom is 0.231 e. The fourth-order valence-corrected chi connectivity index (χ4v) is 4.34. The average molecular weight is 279 g/mol. The van der Waals surface area contributed by atoms with Gasteiger partial charge in [-0.3, -0.25) is 0 Å². The summed E-state index contributed by atoms with van der Waals surface area (Å²) in [5.41, 5.74) is 0.831. The van der Waals surface area contributed by atoms with E-state index in [-0.39, 0.29) is 18.5 Å². The lowest BCUT2D eigenvalue weighted by molar-refractivity contribution is 0.174. The number of benzene rings is 1. The van der Waals surface area contributed by atoms with Gasteiger partial charge >= 0.3 is 0 Å². The van der Waals surface area contributed by atoms with Crippen molar-refractivity contribution in [1.82, 2.24) is 0 Å². The van der Waals surface area contributed by atoms with Crippen molar-refractivity contribution in [3.05, 3.63) is 23.8 Å². The standard InChI is InChI=1S/C13H13NO4S/c1-2-19(15,16)13-9(6-14)12(13)8-3-4-10-11(5-8)18-7-17-10/h3-5,9,12-13H,2,7H2,1H3. The van der Waals surface area contributed by atoms with Crippen LogP contribution in [0.4, 0.5) is 0 Å². The van der Waals surface area contributed by atoms with Crippen LogP contribution in [0.25, 0.3) is 0 Å². The van der Waals surface area contributed by atoms with E-state index in [0.717, 1.165) is 5.56 Å². The van der Waals surface area contributed by atoms with Crippen LogP contribution in [0.15, 0.2) is 18.2 Å². The Labute approximate surface area is 111 Å². The summed E-state index contributed by atoms with van der Waals surface area (Å²) in [6.45, 7) is 1.79. The highest BCUT2D eigenvalue weighted by molar-refractivity contribution is 7.92. The molecule has 0 N–H and O–H groups in total. The van der Waals surface area contributed by atoms with Crippen LogP contribution in [0, 0.1) is 17.2 Å². The van der Waals surface area contributed by atoms with Gasteiger partial charge in [0.1, 0.15) is 0 Å². The van der Waals surface area contributed by atoms with Gasteiger partial charge in [-0.15, -0.1) is 0 Å². The predicted molar refractivity (Wildman–Crippen MR) is 67.7 cm³/mol. The minimum atomic E-state index is -3.19. The molecule has 0 aromatic heterocycles. The van der Waals surface area contributed by atoms with E-state index >= 15 is 0 Å². The minimum Gasteiger partial charge on any atom is -0.454 e. The molecule has 1 aromatic rings. The Balaban J connectivity index is 1.94. The molecule has 100 valence electrons. The molecule has 2 aliphatic rings. The molecule has 1 fully saturated rings. The molecule has 1 saturated carbocycles. The van der Waals surface area contributed by atoms with Crippen molar-refractivity contribution in [2.24, 2.45) is 5.92 Å². The zero-order chi connectivity index (χ0) is 13.6. The van der Waals surface area contributed by atoms with Gasteiger partial charge < -0.3 is 9.47 Å². The maximum absolute atomic E-state index is 11.9. The number of hydrogen-bond acceptors (Lipinski definition) is 5. The zero-order valence-electron chi connectivity index (χ0n) is 10.4. The van der Waals surface area contributed by atoms with Crippen LogP contribution >= 0.6 is 0 Å². The summed E-state index contributed by atoms with van der Waals surface area (Å²) < 4.78 is 34.4. The zero-order valence-corrected chi connectivity index (χ0v) is 11.2. The molecule has 0 spiro atoms. The van der Waals surface area contributed by atoms with Crippen molar-refractivity contribution in [1.29, 1.82) is 5.26 Å². The topological polar surface area (TPSA) is 76.4 Å². The molecule has 1 heterocycles. The van der Waals surface area contributed by atoms with Crippen molar-refractivity contribution in [2.75, 3.05) is 12.5 Å². The number of sulfone groups is 1. The highest BCUT2D eigenvalue weighted by atomic mass is 32.2. The molecule has 3 rings (SSSR count). The number of rotatable bonds is 3. The van der Waals surface area contributed by atoms with E-state index in [1.54, 1.807) is 19.1 Å². The Morgan fingerprint density at radius 1 is 1.37 bits per heavy atom. The molecule has 3 unspecified atom stereocenters. The third-order valence-electron chi connectivity index (χ3n) is 3.70. The molecular weight excluding hydrogens is 266 g/mol. The van der Waals surface area contributed by atoms with E-state index in [9.17, 15) is 8.42 Å². The van der Waals surface area contributed by atoms with Crippen LogP contribution in [-0.4, -0.2) is 26.2 Å². The molecule has 1 aliphatic carbocycles. The fourth-order valence-electron chi connectivity index (χ4n) is 2.59. The second-order valence-corrected chi connectivity index (χ2v) is 7.16. The molecule has 0 bridgehead atoms. The monoisotopic (exact) mass is 279 g/mol. The van der Waals surface area contributed by atoms with Crippen molar-refractivity contribution >= 4 is 9.84 Å². The van der Waals surface area contributed by atoms with Gasteiger partial charge in [0, 0.05) is 11.7 Å². The summed E-state index contributed by atoms with van der Waals surface area (Å²) in [4.78, 5) is 0. The highest BCUT2D eigenvalue weighted by Crippen LogP contribution is 2.53. The van der Waals surface area contributed by atoms with E-state index in [1.165, 1.54) is 0 Å². The van der Waals surface area contributed by atoms with Crippen LogP contribution in [0.1, 0.15) is 18.4 Å². The first-order valence-electron chi connectivity index (χ1n) is 6.09. The largest absolute Gasteiger partial charge is 0.454 e. The van der Waals surface area contributed by atoms with Crippen molar-refractivity contribution in [3.63, 3.8) is 0 Å². The van der Waals surface area contributed by atoms with Gasteiger partial charge in [0.25, 0.3) is 0 Å². The lowest BCUT2D eigenvalue weighted by atomic mass is 10.1. The number of hydrogen-bond donors (Lipinski definition) is 0. The van der Waals surface area contributed by atoms with Gasteiger partial charge in [0.2, 0.25) is 6.79 Å². The van der Waals surface area contributed by atoms with Gasteiger partial charge in [-0.25, -0.2) is 8.42 Å². The third-order valence-corrected chi connectivity index (χ3v) is 5.92. The molecule has 1 aromatic carbocycles. The lowest BCUT2D eigenvalue weighted by Crippen LogP contribution is -2.12. The number of nitrogens with zero attached hydrogens (tertiary/aromatic N) is 1. The van der Waals surface area contributed by atoms with Gasteiger partial charge in [-0.05, 0) is 17.7 Å². The predicted octanol–water partition coefficient (Wildman–Crippen LogP) is 1.46. The van der Waals surface area contributed by atoms with Crippen LogP contribution in [0.5, 0.6) is 11.5 Å². The summed E-state index contributed by atoms with van der Waals surface area (Å²) in [5.74, 6) is 0.646. The van der Waals surface area contributed by atoms with Gasteiger partial charge in [0.05, 0.1) is 17.2 Å². The van der Waals surface area contributed by atoms with Gasteiger partial charge in [-0.1, -0.05) is 13.0 Å². The van der Waals surface area contributed by atoms with E-state index in [4.69, 9.17) is 14.7 Å². The van der Waals surface area contributed by atoms with Crippen LogP contribution in [0.3, 0.4) is 0 Å². The first-order chi connectivity index (χ1) is 9.08.